The van der Waals surface area contributed by atoms with E-state index in [1.54, 1.807) is 11.3 Å². The molecular weight excluding hydrogens is 308 g/mol. The number of carbonyl (C=O) groups is 1. The van der Waals surface area contributed by atoms with Gasteiger partial charge in [0.15, 0.2) is 0 Å². The first-order chi connectivity index (χ1) is 10.8. The van der Waals surface area contributed by atoms with Gasteiger partial charge in [-0.15, -0.1) is 11.3 Å². The van der Waals surface area contributed by atoms with E-state index in [0.29, 0.717) is 13.0 Å². The standard InChI is InChI=1S/C18H28N2O2S/c1-5-22-14-10-18(19,17(14,3)4)16(21)20-15-11(2)12-8-6-7-9-13(12)23-15/h14H,5-10,19H2,1-4H3,(H,20,21). The Morgan fingerprint density at radius 1 is 1.39 bits per heavy atom. The number of thiophene rings is 1. The predicted octanol–water partition coefficient (Wildman–Crippen LogP) is 3.41. The molecule has 128 valence electrons. The van der Waals surface area contributed by atoms with Gasteiger partial charge in [-0.3, -0.25) is 4.79 Å². The van der Waals surface area contributed by atoms with Crippen molar-refractivity contribution in [2.75, 3.05) is 11.9 Å². The summed E-state index contributed by atoms with van der Waals surface area (Å²) < 4.78 is 5.72. The average molecular weight is 337 g/mol. The molecule has 23 heavy (non-hydrogen) atoms. The molecule has 1 heterocycles. The smallest absolute Gasteiger partial charge is 0.245 e. The van der Waals surface area contributed by atoms with Crippen molar-refractivity contribution in [3.05, 3.63) is 16.0 Å². The minimum absolute atomic E-state index is 0.0564. The molecule has 5 heteroatoms. The maximum atomic E-state index is 12.9. The lowest BCUT2D eigenvalue weighted by Gasteiger charge is -2.57. The molecule has 1 aromatic heterocycles. The van der Waals surface area contributed by atoms with Gasteiger partial charge in [-0.1, -0.05) is 13.8 Å². The molecule has 1 fully saturated rings. The van der Waals surface area contributed by atoms with Crippen molar-refractivity contribution in [1.29, 1.82) is 0 Å². The van der Waals surface area contributed by atoms with Crippen LogP contribution in [0.2, 0.25) is 0 Å². The fourth-order valence-corrected chi connectivity index (χ4v) is 5.17. The molecule has 1 aromatic rings. The number of amides is 1. The van der Waals surface area contributed by atoms with E-state index in [2.05, 4.69) is 12.2 Å². The molecule has 3 rings (SSSR count). The monoisotopic (exact) mass is 336 g/mol. The average Bonchev–Trinajstić information content (AvgIpc) is 2.83. The third kappa shape index (κ3) is 2.53. The molecule has 2 unspecified atom stereocenters. The van der Waals surface area contributed by atoms with Gasteiger partial charge in [0.1, 0.15) is 5.54 Å². The van der Waals surface area contributed by atoms with Gasteiger partial charge in [-0.05, 0) is 50.7 Å². The van der Waals surface area contributed by atoms with Crippen molar-refractivity contribution in [3.8, 4) is 0 Å². The third-order valence-corrected chi connectivity index (χ3v) is 7.21. The van der Waals surface area contributed by atoms with Crippen molar-refractivity contribution < 1.29 is 9.53 Å². The van der Waals surface area contributed by atoms with Crippen molar-refractivity contribution in [3.63, 3.8) is 0 Å². The first kappa shape index (κ1) is 16.9. The van der Waals surface area contributed by atoms with E-state index in [4.69, 9.17) is 10.5 Å². The molecule has 0 spiro atoms. The number of ether oxygens (including phenoxy) is 1. The molecule has 0 aromatic carbocycles. The maximum absolute atomic E-state index is 12.9. The Labute approximate surface area is 142 Å². The Morgan fingerprint density at radius 2 is 2.09 bits per heavy atom. The van der Waals surface area contributed by atoms with Crippen LogP contribution in [-0.2, 0) is 22.4 Å². The minimum atomic E-state index is -0.857. The van der Waals surface area contributed by atoms with Crippen molar-refractivity contribution in [2.24, 2.45) is 11.1 Å². The molecule has 2 aliphatic carbocycles. The second-order valence-corrected chi connectivity index (χ2v) is 8.57. The minimum Gasteiger partial charge on any atom is -0.378 e. The molecule has 2 aliphatic rings. The van der Waals surface area contributed by atoms with Crippen LogP contribution in [0.3, 0.4) is 0 Å². The van der Waals surface area contributed by atoms with E-state index in [1.165, 1.54) is 28.8 Å². The number of anilines is 1. The summed E-state index contributed by atoms with van der Waals surface area (Å²) >= 11 is 1.73. The van der Waals surface area contributed by atoms with Gasteiger partial charge in [-0.2, -0.15) is 0 Å². The first-order valence-corrected chi connectivity index (χ1v) is 9.46. The van der Waals surface area contributed by atoms with E-state index in [9.17, 15) is 4.79 Å². The van der Waals surface area contributed by atoms with Crippen LogP contribution in [0.4, 0.5) is 5.00 Å². The van der Waals surface area contributed by atoms with Gasteiger partial charge in [0.25, 0.3) is 0 Å². The van der Waals surface area contributed by atoms with E-state index < -0.39 is 5.54 Å². The fraction of sp³-hybridized carbons (Fsp3) is 0.722. The summed E-state index contributed by atoms with van der Waals surface area (Å²) in [5.74, 6) is -0.0693. The summed E-state index contributed by atoms with van der Waals surface area (Å²) in [6.45, 7) is 8.81. The number of rotatable bonds is 4. The highest BCUT2D eigenvalue weighted by molar-refractivity contribution is 7.16. The Balaban J connectivity index is 1.76. The third-order valence-electron chi connectivity index (χ3n) is 5.90. The number of nitrogens with one attached hydrogen (secondary N) is 1. The lowest BCUT2D eigenvalue weighted by Crippen LogP contribution is -2.74. The van der Waals surface area contributed by atoms with E-state index in [0.717, 1.165) is 17.8 Å². The van der Waals surface area contributed by atoms with Crippen LogP contribution < -0.4 is 11.1 Å². The molecule has 1 amide bonds. The SMILES string of the molecule is CCOC1CC(N)(C(=O)Nc2sc3c(c2C)CCCC3)C1(C)C. The summed E-state index contributed by atoms with van der Waals surface area (Å²) in [4.78, 5) is 14.3. The number of fused-ring (bicyclic) bond motifs is 1. The summed E-state index contributed by atoms with van der Waals surface area (Å²) in [6.07, 6.45) is 5.43. The van der Waals surface area contributed by atoms with Crippen LogP contribution in [0.25, 0.3) is 0 Å². The predicted molar refractivity (Wildman–Crippen MR) is 95.1 cm³/mol. The Bertz CT molecular complexity index is 623. The summed E-state index contributed by atoms with van der Waals surface area (Å²) in [5, 5.41) is 4.12. The maximum Gasteiger partial charge on any atom is 0.245 e. The van der Waals surface area contributed by atoms with Crippen LogP contribution >= 0.6 is 11.3 Å². The number of nitrogens with two attached hydrogens (primary N) is 1. The van der Waals surface area contributed by atoms with Crippen LogP contribution in [0.5, 0.6) is 0 Å². The van der Waals surface area contributed by atoms with Gasteiger partial charge < -0.3 is 15.8 Å². The van der Waals surface area contributed by atoms with Crippen molar-refractivity contribution >= 4 is 22.2 Å². The van der Waals surface area contributed by atoms with Crippen LogP contribution in [-0.4, -0.2) is 24.2 Å². The second kappa shape index (κ2) is 5.87. The Kier molecular flexibility index (Phi) is 4.32. The molecule has 2 atom stereocenters. The van der Waals surface area contributed by atoms with E-state index in [1.807, 2.05) is 20.8 Å². The lowest BCUT2D eigenvalue weighted by molar-refractivity contribution is -0.166. The van der Waals surface area contributed by atoms with E-state index in [-0.39, 0.29) is 17.4 Å². The Hall–Kier alpha value is -0.910. The van der Waals surface area contributed by atoms with Gasteiger partial charge in [-0.25, -0.2) is 0 Å². The normalized spacial score (nSPS) is 28.8. The van der Waals surface area contributed by atoms with Crippen LogP contribution in [0, 0.1) is 12.3 Å². The van der Waals surface area contributed by atoms with Crippen molar-refractivity contribution in [1.82, 2.24) is 0 Å². The van der Waals surface area contributed by atoms with Crippen LogP contribution in [0.15, 0.2) is 0 Å². The second-order valence-electron chi connectivity index (χ2n) is 7.46. The highest BCUT2D eigenvalue weighted by Gasteiger charge is 2.62. The zero-order valence-corrected chi connectivity index (χ0v) is 15.4. The molecule has 0 bridgehead atoms. The molecular formula is C18H28N2O2S. The Morgan fingerprint density at radius 3 is 2.70 bits per heavy atom. The molecule has 0 aliphatic heterocycles. The number of hydrogen-bond donors (Lipinski definition) is 2. The molecule has 4 nitrogen and oxygen atoms in total. The van der Waals surface area contributed by atoms with Crippen LogP contribution in [0.1, 0.15) is 56.0 Å². The number of hydrogen-bond acceptors (Lipinski definition) is 4. The molecule has 1 saturated carbocycles. The number of aryl methyl sites for hydroxylation is 1. The molecule has 0 radical (unpaired) electrons. The zero-order chi connectivity index (χ0) is 16.8. The lowest BCUT2D eigenvalue weighted by atomic mass is 9.54. The highest BCUT2D eigenvalue weighted by Crippen LogP contribution is 2.50. The van der Waals surface area contributed by atoms with Gasteiger partial charge >= 0.3 is 0 Å². The van der Waals surface area contributed by atoms with Gasteiger partial charge in [0.2, 0.25) is 5.91 Å². The van der Waals surface area contributed by atoms with Crippen molar-refractivity contribution in [2.45, 2.75) is 71.4 Å². The fourth-order valence-electron chi connectivity index (χ4n) is 3.88. The molecule has 3 N–H and O–H groups in total. The highest BCUT2D eigenvalue weighted by atomic mass is 32.1. The summed E-state index contributed by atoms with van der Waals surface area (Å²) in [7, 11) is 0. The van der Waals surface area contributed by atoms with Gasteiger partial charge in [0, 0.05) is 23.3 Å². The quantitative estimate of drug-likeness (QED) is 0.885. The summed E-state index contributed by atoms with van der Waals surface area (Å²) in [5.41, 5.74) is 7.95. The first-order valence-electron chi connectivity index (χ1n) is 8.64. The van der Waals surface area contributed by atoms with Gasteiger partial charge in [0.05, 0.1) is 11.1 Å². The topological polar surface area (TPSA) is 64.3 Å². The summed E-state index contributed by atoms with van der Waals surface area (Å²) in [6, 6.07) is 0. The zero-order valence-electron chi connectivity index (χ0n) is 14.6. The largest absolute Gasteiger partial charge is 0.378 e. The number of carbonyl (C=O) groups excluding carboxylic acids is 1. The van der Waals surface area contributed by atoms with E-state index >= 15 is 0 Å². The molecule has 0 saturated heterocycles.